The van der Waals surface area contributed by atoms with Crippen LogP contribution in [0.15, 0.2) is 12.3 Å². The van der Waals surface area contributed by atoms with E-state index in [0.29, 0.717) is 0 Å². The molecular weight excluding hydrogens is 176 g/mol. The summed E-state index contributed by atoms with van der Waals surface area (Å²) in [5.74, 6) is 0.0928. The first kappa shape index (κ1) is 9.34. The molecule has 0 saturated heterocycles. The molecule has 0 atom stereocenters. The Bertz CT molecular complexity index is 374. The summed E-state index contributed by atoms with van der Waals surface area (Å²) in [7, 11) is 0. The van der Waals surface area contributed by atoms with Crippen LogP contribution < -0.4 is 0 Å². The van der Waals surface area contributed by atoms with Gasteiger partial charge in [0.25, 0.3) is 0 Å². The Morgan fingerprint density at radius 3 is 3.00 bits per heavy atom. The highest BCUT2D eigenvalue weighted by molar-refractivity contribution is 5.93. The van der Waals surface area contributed by atoms with Gasteiger partial charge in [-0.05, 0) is 25.1 Å². The monoisotopic (exact) mass is 190 g/mol. The second kappa shape index (κ2) is 3.50. The Balaban J connectivity index is 2.31. The molecule has 0 bridgehead atoms. The van der Waals surface area contributed by atoms with Gasteiger partial charge in [-0.15, -0.1) is 0 Å². The summed E-state index contributed by atoms with van der Waals surface area (Å²) in [5, 5.41) is 0. The molecule has 3 heteroatoms. The summed E-state index contributed by atoms with van der Waals surface area (Å²) >= 11 is 0. The molecule has 0 saturated carbocycles. The second-order valence-electron chi connectivity index (χ2n) is 3.69. The number of aromatic nitrogens is 1. The number of nitrogens with zero attached hydrogens (tertiary/aromatic N) is 2. The van der Waals surface area contributed by atoms with E-state index in [1.165, 1.54) is 5.56 Å². The molecular formula is C11H14N2O. The fourth-order valence-electron chi connectivity index (χ4n) is 1.74. The van der Waals surface area contributed by atoms with Gasteiger partial charge in [0.15, 0.2) is 5.78 Å². The Morgan fingerprint density at radius 1 is 1.57 bits per heavy atom. The van der Waals surface area contributed by atoms with Crippen LogP contribution in [0.5, 0.6) is 0 Å². The van der Waals surface area contributed by atoms with Crippen LogP contribution in [0.2, 0.25) is 0 Å². The van der Waals surface area contributed by atoms with E-state index in [-0.39, 0.29) is 5.78 Å². The normalized spacial score (nSPS) is 15.6. The lowest BCUT2D eigenvalue weighted by Crippen LogP contribution is -2.14. The smallest absolute Gasteiger partial charge is 0.161 e. The third-order valence-electron chi connectivity index (χ3n) is 2.68. The summed E-state index contributed by atoms with van der Waals surface area (Å²) in [6.45, 7) is 6.60. The number of hydrogen-bond donors (Lipinski definition) is 0. The zero-order valence-corrected chi connectivity index (χ0v) is 8.58. The van der Waals surface area contributed by atoms with E-state index in [4.69, 9.17) is 0 Å². The summed E-state index contributed by atoms with van der Waals surface area (Å²) < 4.78 is 0. The number of pyridine rings is 1. The van der Waals surface area contributed by atoms with Gasteiger partial charge in [-0.25, -0.2) is 0 Å². The molecule has 2 heterocycles. The Hall–Kier alpha value is -1.22. The second-order valence-corrected chi connectivity index (χ2v) is 3.69. The molecule has 0 aliphatic carbocycles. The zero-order valence-electron chi connectivity index (χ0n) is 8.58. The quantitative estimate of drug-likeness (QED) is 0.664. The zero-order chi connectivity index (χ0) is 10.1. The van der Waals surface area contributed by atoms with Crippen LogP contribution in [0.25, 0.3) is 0 Å². The lowest BCUT2D eigenvalue weighted by molar-refractivity contribution is 0.101. The van der Waals surface area contributed by atoms with Crippen LogP contribution in [-0.2, 0) is 13.1 Å². The molecule has 2 rings (SSSR count). The number of hydrogen-bond acceptors (Lipinski definition) is 3. The molecule has 0 unspecified atom stereocenters. The van der Waals surface area contributed by atoms with Crippen molar-refractivity contribution in [3.63, 3.8) is 0 Å². The fourth-order valence-corrected chi connectivity index (χ4v) is 1.74. The van der Waals surface area contributed by atoms with Gasteiger partial charge in [0, 0.05) is 24.8 Å². The molecule has 1 aliphatic rings. The topological polar surface area (TPSA) is 33.2 Å². The van der Waals surface area contributed by atoms with Crippen molar-refractivity contribution in [3.05, 3.63) is 29.1 Å². The molecule has 14 heavy (non-hydrogen) atoms. The number of Topliss-reactive ketones (excluding diaryl/α,β-unsaturated/α-hetero) is 1. The van der Waals surface area contributed by atoms with E-state index in [1.807, 2.05) is 6.07 Å². The van der Waals surface area contributed by atoms with E-state index < -0.39 is 0 Å². The Labute approximate surface area is 83.8 Å². The van der Waals surface area contributed by atoms with E-state index in [1.54, 1.807) is 13.1 Å². The van der Waals surface area contributed by atoms with Crippen molar-refractivity contribution in [2.75, 3.05) is 6.54 Å². The minimum atomic E-state index is 0.0928. The molecule has 0 radical (unpaired) electrons. The predicted octanol–water partition coefficient (Wildman–Crippen LogP) is 1.62. The molecule has 0 fully saturated rings. The van der Waals surface area contributed by atoms with Crippen LogP contribution in [0.1, 0.15) is 35.5 Å². The summed E-state index contributed by atoms with van der Waals surface area (Å²) in [4.78, 5) is 17.8. The summed E-state index contributed by atoms with van der Waals surface area (Å²) in [6.07, 6.45) is 1.68. The van der Waals surface area contributed by atoms with Crippen LogP contribution in [0.4, 0.5) is 0 Å². The first-order chi connectivity index (χ1) is 6.70. The van der Waals surface area contributed by atoms with Gasteiger partial charge in [0.2, 0.25) is 0 Å². The van der Waals surface area contributed by atoms with Crippen molar-refractivity contribution in [3.8, 4) is 0 Å². The van der Waals surface area contributed by atoms with Gasteiger partial charge >= 0.3 is 0 Å². The number of fused-ring (bicyclic) bond motifs is 1. The van der Waals surface area contributed by atoms with Crippen molar-refractivity contribution in [1.29, 1.82) is 0 Å². The molecule has 3 nitrogen and oxygen atoms in total. The van der Waals surface area contributed by atoms with Gasteiger partial charge in [-0.3, -0.25) is 14.7 Å². The van der Waals surface area contributed by atoms with Gasteiger partial charge in [-0.1, -0.05) is 6.92 Å². The number of carbonyl (C=O) groups is 1. The number of carbonyl (C=O) groups excluding carboxylic acids is 1. The molecule has 0 spiro atoms. The van der Waals surface area contributed by atoms with Crippen molar-refractivity contribution in [2.24, 2.45) is 0 Å². The lowest BCUT2D eigenvalue weighted by atomic mass is 10.1. The molecule has 1 aromatic rings. The molecule has 0 amide bonds. The Kier molecular flexibility index (Phi) is 2.33. The fraction of sp³-hybridized carbons (Fsp3) is 0.455. The number of ketones is 1. The minimum Gasteiger partial charge on any atom is -0.294 e. The lowest BCUT2D eigenvalue weighted by Gasteiger charge is -2.08. The molecule has 1 aliphatic heterocycles. The maximum Gasteiger partial charge on any atom is 0.161 e. The van der Waals surface area contributed by atoms with E-state index >= 15 is 0 Å². The minimum absolute atomic E-state index is 0.0928. The van der Waals surface area contributed by atoms with Crippen molar-refractivity contribution in [1.82, 2.24) is 9.88 Å². The Morgan fingerprint density at radius 2 is 2.36 bits per heavy atom. The molecule has 1 aromatic heterocycles. The highest BCUT2D eigenvalue weighted by atomic mass is 16.1. The van der Waals surface area contributed by atoms with Crippen LogP contribution in [0.3, 0.4) is 0 Å². The number of rotatable bonds is 2. The van der Waals surface area contributed by atoms with Crippen molar-refractivity contribution in [2.45, 2.75) is 26.9 Å². The average Bonchev–Trinajstić information content (AvgIpc) is 2.58. The molecule has 0 aromatic carbocycles. The third-order valence-corrected chi connectivity index (χ3v) is 2.68. The first-order valence-electron chi connectivity index (χ1n) is 4.91. The average molecular weight is 190 g/mol. The SMILES string of the molecule is CCN1Cc2cc(C(C)=O)cnc2C1. The summed E-state index contributed by atoms with van der Waals surface area (Å²) in [6, 6.07) is 1.97. The first-order valence-corrected chi connectivity index (χ1v) is 4.91. The van der Waals surface area contributed by atoms with E-state index in [0.717, 1.165) is 30.9 Å². The largest absolute Gasteiger partial charge is 0.294 e. The van der Waals surface area contributed by atoms with Gasteiger partial charge < -0.3 is 0 Å². The molecule has 0 N–H and O–H groups in total. The van der Waals surface area contributed by atoms with E-state index in [9.17, 15) is 4.79 Å². The van der Waals surface area contributed by atoms with Gasteiger partial charge in [-0.2, -0.15) is 0 Å². The van der Waals surface area contributed by atoms with Crippen LogP contribution in [-0.4, -0.2) is 22.2 Å². The highest BCUT2D eigenvalue weighted by Gasteiger charge is 2.19. The summed E-state index contributed by atoms with van der Waals surface area (Å²) in [5.41, 5.74) is 3.05. The maximum absolute atomic E-state index is 11.1. The highest BCUT2D eigenvalue weighted by Crippen LogP contribution is 2.21. The molecule has 74 valence electrons. The van der Waals surface area contributed by atoms with Gasteiger partial charge in [0.05, 0.1) is 5.69 Å². The van der Waals surface area contributed by atoms with Crippen LogP contribution in [0, 0.1) is 0 Å². The van der Waals surface area contributed by atoms with Crippen molar-refractivity contribution >= 4 is 5.78 Å². The van der Waals surface area contributed by atoms with Gasteiger partial charge in [0.1, 0.15) is 0 Å². The maximum atomic E-state index is 11.1. The standard InChI is InChI=1S/C11H14N2O/c1-3-13-6-10-4-9(8(2)14)5-12-11(10)7-13/h4-5H,3,6-7H2,1-2H3. The van der Waals surface area contributed by atoms with Crippen LogP contribution >= 0.6 is 0 Å². The third kappa shape index (κ3) is 1.55. The van der Waals surface area contributed by atoms with E-state index in [2.05, 4.69) is 16.8 Å². The predicted molar refractivity (Wildman–Crippen MR) is 54.0 cm³/mol. The van der Waals surface area contributed by atoms with Crippen molar-refractivity contribution < 1.29 is 4.79 Å².